The SMILES string of the molecule is c1cc(P(c2ccc(C3CCCCCCC3)cc2)N(C2CCCCC2)P(c2ccc(C3CCCCCC3)cc2)c2ccc(C3CCCCCC3)cc2)ccc1C1CCCCCCC1. The summed E-state index contributed by atoms with van der Waals surface area (Å²) in [6.45, 7) is 0. The number of benzene rings is 4. The van der Waals surface area contributed by atoms with Gasteiger partial charge >= 0.3 is 0 Å². The molecule has 5 saturated carbocycles. The van der Waals surface area contributed by atoms with Crippen molar-refractivity contribution in [2.75, 3.05) is 0 Å². The van der Waals surface area contributed by atoms with Gasteiger partial charge in [0.15, 0.2) is 0 Å². The first-order valence-corrected chi connectivity index (χ1v) is 29.7. The van der Waals surface area contributed by atoms with E-state index in [0.717, 1.165) is 23.7 Å². The van der Waals surface area contributed by atoms with Crippen molar-refractivity contribution in [2.24, 2.45) is 0 Å². The zero-order chi connectivity index (χ0) is 42.5. The Morgan fingerprint density at radius 2 is 0.429 bits per heavy atom. The van der Waals surface area contributed by atoms with E-state index < -0.39 is 16.1 Å². The molecule has 0 saturated heterocycles. The molecule has 0 atom stereocenters. The molecule has 0 unspecified atom stereocenters. The van der Waals surface area contributed by atoms with E-state index in [9.17, 15) is 0 Å². The van der Waals surface area contributed by atoms with Gasteiger partial charge in [0, 0.05) is 22.2 Å². The average molecular weight is 880 g/mol. The van der Waals surface area contributed by atoms with E-state index in [1.165, 1.54) is 199 Å². The second kappa shape index (κ2) is 23.9. The molecule has 5 aliphatic carbocycles. The lowest BCUT2D eigenvalue weighted by Gasteiger charge is -2.45. The first-order chi connectivity index (χ1) is 31.3. The van der Waals surface area contributed by atoms with Crippen molar-refractivity contribution in [3.05, 3.63) is 119 Å². The van der Waals surface area contributed by atoms with Crippen molar-refractivity contribution in [1.29, 1.82) is 0 Å². The van der Waals surface area contributed by atoms with Crippen LogP contribution < -0.4 is 21.2 Å². The van der Waals surface area contributed by atoms with Gasteiger partial charge in [-0.15, -0.1) is 0 Å². The van der Waals surface area contributed by atoms with Gasteiger partial charge in [0.1, 0.15) is 0 Å². The Labute approximate surface area is 388 Å². The fraction of sp³-hybridized carbons (Fsp3) is 0.600. The molecule has 338 valence electrons. The lowest BCUT2D eigenvalue weighted by atomic mass is 9.86. The molecule has 4 aromatic carbocycles. The van der Waals surface area contributed by atoms with Crippen LogP contribution in [0.15, 0.2) is 97.1 Å². The third-order valence-corrected chi connectivity index (χ3v) is 22.4. The Morgan fingerprint density at radius 3 is 0.667 bits per heavy atom. The van der Waals surface area contributed by atoms with Gasteiger partial charge in [-0.05, 0) is 131 Å². The van der Waals surface area contributed by atoms with Crippen LogP contribution in [0.1, 0.15) is 245 Å². The van der Waals surface area contributed by atoms with Gasteiger partial charge in [0.25, 0.3) is 0 Å². The highest BCUT2D eigenvalue weighted by molar-refractivity contribution is 7.84. The van der Waals surface area contributed by atoms with Crippen LogP contribution in [0.3, 0.4) is 0 Å². The van der Waals surface area contributed by atoms with Gasteiger partial charge in [-0.25, -0.2) is 4.44 Å². The van der Waals surface area contributed by atoms with Gasteiger partial charge in [-0.3, -0.25) is 0 Å². The number of hydrogen-bond donors (Lipinski definition) is 0. The summed E-state index contributed by atoms with van der Waals surface area (Å²) in [7, 11) is -1.57. The van der Waals surface area contributed by atoms with Gasteiger partial charge < -0.3 is 0 Å². The lowest BCUT2D eigenvalue weighted by Crippen LogP contribution is -2.39. The Kier molecular flexibility index (Phi) is 17.4. The Bertz CT molecular complexity index is 1750. The van der Waals surface area contributed by atoms with Crippen molar-refractivity contribution in [3.63, 3.8) is 0 Å². The molecule has 0 amide bonds. The van der Waals surface area contributed by atoms with Crippen LogP contribution in [-0.4, -0.2) is 10.5 Å². The van der Waals surface area contributed by atoms with Crippen molar-refractivity contribution in [3.8, 4) is 0 Å². The first kappa shape index (κ1) is 45.8. The maximum absolute atomic E-state index is 3.22. The predicted molar refractivity (Wildman–Crippen MR) is 278 cm³/mol. The van der Waals surface area contributed by atoms with E-state index in [1.807, 2.05) is 0 Å². The van der Waals surface area contributed by atoms with E-state index in [1.54, 1.807) is 43.5 Å². The summed E-state index contributed by atoms with van der Waals surface area (Å²) in [6.07, 6.45) is 43.0. The van der Waals surface area contributed by atoms with Crippen LogP contribution in [0.2, 0.25) is 0 Å². The number of rotatable bonds is 11. The maximum atomic E-state index is 3.22. The number of hydrogen-bond acceptors (Lipinski definition) is 1. The summed E-state index contributed by atoms with van der Waals surface area (Å²) in [5.41, 5.74) is 6.40. The van der Waals surface area contributed by atoms with Crippen LogP contribution in [0.25, 0.3) is 0 Å². The fourth-order valence-corrected chi connectivity index (χ4v) is 19.2. The lowest BCUT2D eigenvalue weighted by molar-refractivity contribution is 0.355. The summed E-state index contributed by atoms with van der Waals surface area (Å²) >= 11 is 0. The maximum Gasteiger partial charge on any atom is 0.0325 e. The second-order valence-corrected chi connectivity index (χ2v) is 25.6. The van der Waals surface area contributed by atoms with Crippen molar-refractivity contribution >= 4 is 37.4 Å². The van der Waals surface area contributed by atoms with Gasteiger partial charge in [-0.1, -0.05) is 232 Å². The number of nitrogens with zero attached hydrogens (tertiary/aromatic N) is 1. The molecule has 4 aromatic rings. The van der Waals surface area contributed by atoms with Crippen LogP contribution in [-0.2, 0) is 0 Å². The largest absolute Gasteiger partial charge is 0.242 e. The van der Waals surface area contributed by atoms with Crippen LogP contribution in [0.4, 0.5) is 0 Å². The van der Waals surface area contributed by atoms with E-state index in [-0.39, 0.29) is 0 Å². The third-order valence-electron chi connectivity index (χ3n) is 16.7. The molecule has 5 fully saturated rings. The minimum absolute atomic E-state index is 0.578. The Hall–Kier alpha value is -2.30. The van der Waals surface area contributed by atoms with Crippen molar-refractivity contribution in [2.45, 2.75) is 229 Å². The van der Waals surface area contributed by atoms with Crippen LogP contribution >= 0.6 is 16.1 Å². The molecule has 0 radical (unpaired) electrons. The van der Waals surface area contributed by atoms with E-state index in [0.29, 0.717) is 6.04 Å². The molecule has 0 bridgehead atoms. The van der Waals surface area contributed by atoms with E-state index in [2.05, 4.69) is 102 Å². The molecule has 0 heterocycles. The normalized spacial score (nSPS) is 21.7. The van der Waals surface area contributed by atoms with Crippen molar-refractivity contribution in [1.82, 2.24) is 4.44 Å². The minimum Gasteiger partial charge on any atom is -0.242 e. The molecule has 3 heteroatoms. The van der Waals surface area contributed by atoms with Crippen molar-refractivity contribution < 1.29 is 0 Å². The zero-order valence-corrected chi connectivity index (χ0v) is 41.2. The first-order valence-electron chi connectivity index (χ1n) is 27.1. The summed E-state index contributed by atoms with van der Waals surface area (Å²) in [5.74, 6) is 2.90. The predicted octanol–water partition coefficient (Wildman–Crippen LogP) is 17.2. The van der Waals surface area contributed by atoms with E-state index >= 15 is 0 Å². The fourth-order valence-electron chi connectivity index (χ4n) is 12.9. The van der Waals surface area contributed by atoms with Gasteiger partial charge in [0.05, 0.1) is 0 Å². The highest BCUT2D eigenvalue weighted by Crippen LogP contribution is 2.58. The smallest absolute Gasteiger partial charge is 0.0325 e. The molecular formula is C60H83NP2. The zero-order valence-electron chi connectivity index (χ0n) is 39.4. The van der Waals surface area contributed by atoms with Gasteiger partial charge in [-0.2, -0.15) is 0 Å². The third kappa shape index (κ3) is 12.2. The van der Waals surface area contributed by atoms with E-state index in [4.69, 9.17) is 0 Å². The average Bonchev–Trinajstić information content (AvgIpc) is 3.77. The molecule has 0 spiro atoms. The summed E-state index contributed by atoms with van der Waals surface area (Å²) in [6, 6.07) is 42.4. The molecule has 5 aliphatic rings. The van der Waals surface area contributed by atoms with Gasteiger partial charge in [0.2, 0.25) is 0 Å². The molecule has 1 nitrogen and oxygen atoms in total. The summed E-state index contributed by atoms with van der Waals surface area (Å²) in [5, 5.41) is 6.28. The minimum atomic E-state index is -0.787. The Morgan fingerprint density at radius 1 is 0.238 bits per heavy atom. The highest BCUT2D eigenvalue weighted by atomic mass is 31.2. The molecular weight excluding hydrogens is 797 g/mol. The van der Waals surface area contributed by atoms with Crippen LogP contribution in [0, 0.1) is 0 Å². The summed E-state index contributed by atoms with van der Waals surface area (Å²) in [4.78, 5) is 0. The van der Waals surface area contributed by atoms with Crippen LogP contribution in [0.5, 0.6) is 0 Å². The highest BCUT2D eigenvalue weighted by Gasteiger charge is 2.38. The molecule has 0 N–H and O–H groups in total. The quantitative estimate of drug-likeness (QED) is 0.107. The molecule has 0 aromatic heterocycles. The standard InChI is InChI=1S/C60H83NP2/c1-3-12-22-48(23-13-4-1)52-32-40-57(41-33-52)62(58-42-34-53(35-43-58)49-24-14-5-2-6-15-25-49)61(56-30-20-11-21-31-56)63(59-44-36-54(37-45-59)50-26-16-7-8-17-27-50)60-46-38-55(39-47-60)51-28-18-9-10-19-29-51/h32-51,56H,1-31H2. The molecule has 0 aliphatic heterocycles. The Balaban J connectivity index is 1.15. The topological polar surface area (TPSA) is 3.24 Å². The molecule has 63 heavy (non-hydrogen) atoms. The monoisotopic (exact) mass is 880 g/mol. The molecule has 9 rings (SSSR count). The second-order valence-electron chi connectivity index (χ2n) is 21.1. The summed E-state index contributed by atoms with van der Waals surface area (Å²) < 4.78 is 3.22.